The first-order chi connectivity index (χ1) is 9.15. The Hall–Kier alpha value is -1.80. The highest BCUT2D eigenvalue weighted by Gasteiger charge is 2.25. The van der Waals surface area contributed by atoms with E-state index in [1.807, 2.05) is 6.07 Å². The van der Waals surface area contributed by atoms with Gasteiger partial charge in [-0.1, -0.05) is 42.0 Å². The third-order valence-corrected chi connectivity index (χ3v) is 4.05. The van der Waals surface area contributed by atoms with Crippen molar-refractivity contribution in [2.75, 3.05) is 0 Å². The monoisotopic (exact) mass is 253 g/mol. The fraction of sp³-hybridized carbons (Fsp3) is 0.294. The van der Waals surface area contributed by atoms with Crippen LogP contribution < -0.4 is 0 Å². The molecule has 0 bridgehead atoms. The first-order valence-corrected chi connectivity index (χ1v) is 6.75. The number of hydrogen-bond acceptors (Lipinski definition) is 2. The number of aryl methyl sites for hydroxylation is 1. The van der Waals surface area contributed by atoms with Crippen LogP contribution in [0.25, 0.3) is 0 Å². The molecule has 0 amide bonds. The van der Waals surface area contributed by atoms with Gasteiger partial charge in [-0.25, -0.2) is 0 Å². The summed E-state index contributed by atoms with van der Waals surface area (Å²) in [6.45, 7) is 6.16. The van der Waals surface area contributed by atoms with Gasteiger partial charge in [0.25, 0.3) is 0 Å². The highest BCUT2D eigenvalue weighted by molar-refractivity contribution is 5.39. The molecule has 1 unspecified atom stereocenters. The third kappa shape index (κ3) is 2.24. The molecule has 3 rings (SSSR count). The lowest BCUT2D eigenvalue weighted by Gasteiger charge is -2.25. The van der Waals surface area contributed by atoms with E-state index in [0.29, 0.717) is 5.75 Å². The number of aromatic hydroxyl groups is 1. The van der Waals surface area contributed by atoms with Gasteiger partial charge in [0.05, 0.1) is 0 Å². The molecule has 1 atom stereocenters. The molecule has 0 saturated carbocycles. The molecule has 98 valence electrons. The Kier molecular flexibility index (Phi) is 3.03. The Morgan fingerprint density at radius 3 is 2.32 bits per heavy atom. The molecule has 0 spiro atoms. The molecule has 0 aromatic heterocycles. The van der Waals surface area contributed by atoms with Crippen molar-refractivity contribution in [1.82, 2.24) is 4.90 Å². The molecule has 1 heterocycles. The fourth-order valence-corrected chi connectivity index (χ4v) is 2.84. The van der Waals surface area contributed by atoms with Crippen molar-refractivity contribution in [3.8, 4) is 5.75 Å². The second kappa shape index (κ2) is 4.71. The van der Waals surface area contributed by atoms with E-state index in [0.717, 1.165) is 18.7 Å². The number of rotatable bonds is 2. The van der Waals surface area contributed by atoms with E-state index in [4.69, 9.17) is 0 Å². The van der Waals surface area contributed by atoms with Crippen LogP contribution >= 0.6 is 0 Å². The van der Waals surface area contributed by atoms with Crippen molar-refractivity contribution in [3.05, 3.63) is 64.7 Å². The van der Waals surface area contributed by atoms with Gasteiger partial charge in [0.15, 0.2) is 0 Å². The fourth-order valence-electron chi connectivity index (χ4n) is 2.84. The van der Waals surface area contributed by atoms with Gasteiger partial charge in [-0.15, -0.1) is 0 Å². The Labute approximate surface area is 114 Å². The van der Waals surface area contributed by atoms with Crippen molar-refractivity contribution in [2.24, 2.45) is 0 Å². The summed E-state index contributed by atoms with van der Waals surface area (Å²) in [5.41, 5.74) is 5.02. The number of nitrogens with zero attached hydrogens (tertiary/aromatic N) is 1. The summed E-state index contributed by atoms with van der Waals surface area (Å²) >= 11 is 0. The molecule has 1 aliphatic rings. The van der Waals surface area contributed by atoms with Gasteiger partial charge < -0.3 is 5.11 Å². The molecule has 1 N–H and O–H groups in total. The van der Waals surface area contributed by atoms with E-state index >= 15 is 0 Å². The SMILES string of the molecule is Cc1ccc(O)c(C(C)N2Cc3ccccc3C2)c1. The maximum atomic E-state index is 10.1. The standard InChI is InChI=1S/C17H19NO/c1-12-7-8-17(19)16(9-12)13(2)18-10-14-5-3-4-6-15(14)11-18/h3-9,13,19H,10-11H2,1-2H3. The van der Waals surface area contributed by atoms with E-state index in [9.17, 15) is 5.11 Å². The zero-order chi connectivity index (χ0) is 13.4. The molecule has 2 nitrogen and oxygen atoms in total. The summed E-state index contributed by atoms with van der Waals surface area (Å²) in [6.07, 6.45) is 0. The topological polar surface area (TPSA) is 23.5 Å². The molecular weight excluding hydrogens is 234 g/mol. The summed E-state index contributed by atoms with van der Waals surface area (Å²) in [5.74, 6) is 0.397. The predicted molar refractivity (Wildman–Crippen MR) is 76.9 cm³/mol. The lowest BCUT2D eigenvalue weighted by atomic mass is 10.0. The molecule has 2 aromatic carbocycles. The van der Waals surface area contributed by atoms with Crippen LogP contribution in [0, 0.1) is 6.92 Å². The van der Waals surface area contributed by atoms with E-state index in [1.165, 1.54) is 16.7 Å². The van der Waals surface area contributed by atoms with Crippen LogP contribution in [0.1, 0.15) is 35.2 Å². The molecule has 1 aliphatic heterocycles. The average Bonchev–Trinajstić information content (AvgIpc) is 2.84. The zero-order valence-electron chi connectivity index (χ0n) is 11.4. The van der Waals surface area contributed by atoms with Crippen LogP contribution in [-0.4, -0.2) is 10.0 Å². The minimum absolute atomic E-state index is 0.229. The minimum Gasteiger partial charge on any atom is -0.508 e. The van der Waals surface area contributed by atoms with E-state index in [1.54, 1.807) is 6.07 Å². The second-order valence-corrected chi connectivity index (χ2v) is 5.41. The number of hydrogen-bond donors (Lipinski definition) is 1. The van der Waals surface area contributed by atoms with E-state index in [-0.39, 0.29) is 6.04 Å². The molecular formula is C17H19NO. The van der Waals surface area contributed by atoms with Crippen LogP contribution in [0.15, 0.2) is 42.5 Å². The van der Waals surface area contributed by atoms with E-state index in [2.05, 4.69) is 49.1 Å². The Balaban J connectivity index is 1.87. The highest BCUT2D eigenvalue weighted by atomic mass is 16.3. The van der Waals surface area contributed by atoms with Crippen molar-refractivity contribution < 1.29 is 5.11 Å². The van der Waals surface area contributed by atoms with Crippen molar-refractivity contribution in [1.29, 1.82) is 0 Å². The van der Waals surface area contributed by atoms with Crippen LogP contribution in [-0.2, 0) is 13.1 Å². The summed E-state index contributed by atoms with van der Waals surface area (Å²) < 4.78 is 0. The molecule has 2 aromatic rings. The number of fused-ring (bicyclic) bond motifs is 1. The first kappa shape index (κ1) is 12.2. The third-order valence-electron chi connectivity index (χ3n) is 4.05. The molecule has 0 radical (unpaired) electrons. The number of phenols is 1. The maximum absolute atomic E-state index is 10.1. The Morgan fingerprint density at radius 1 is 1.05 bits per heavy atom. The highest BCUT2D eigenvalue weighted by Crippen LogP contribution is 2.34. The lowest BCUT2D eigenvalue weighted by molar-refractivity contribution is 0.211. The predicted octanol–water partition coefficient (Wildman–Crippen LogP) is 3.78. The summed E-state index contributed by atoms with van der Waals surface area (Å²) in [4.78, 5) is 2.40. The van der Waals surface area contributed by atoms with Gasteiger partial charge in [0.2, 0.25) is 0 Å². The van der Waals surface area contributed by atoms with Crippen LogP contribution in [0.5, 0.6) is 5.75 Å². The Bertz CT molecular complexity index is 581. The first-order valence-electron chi connectivity index (χ1n) is 6.75. The van der Waals surface area contributed by atoms with E-state index < -0.39 is 0 Å². The lowest BCUT2D eigenvalue weighted by Crippen LogP contribution is -2.20. The molecule has 19 heavy (non-hydrogen) atoms. The van der Waals surface area contributed by atoms with Gasteiger partial charge in [-0.3, -0.25) is 4.90 Å². The van der Waals surface area contributed by atoms with Crippen LogP contribution in [0.3, 0.4) is 0 Å². The quantitative estimate of drug-likeness (QED) is 0.880. The average molecular weight is 253 g/mol. The smallest absolute Gasteiger partial charge is 0.120 e. The van der Waals surface area contributed by atoms with Gasteiger partial charge in [0, 0.05) is 24.7 Å². The van der Waals surface area contributed by atoms with Gasteiger partial charge in [-0.05, 0) is 31.0 Å². The normalized spacial score (nSPS) is 16.3. The number of benzene rings is 2. The maximum Gasteiger partial charge on any atom is 0.120 e. The molecule has 2 heteroatoms. The van der Waals surface area contributed by atoms with Crippen LogP contribution in [0.2, 0.25) is 0 Å². The van der Waals surface area contributed by atoms with Gasteiger partial charge in [0.1, 0.15) is 5.75 Å². The van der Waals surface area contributed by atoms with Crippen molar-refractivity contribution in [3.63, 3.8) is 0 Å². The minimum atomic E-state index is 0.229. The van der Waals surface area contributed by atoms with Gasteiger partial charge in [-0.2, -0.15) is 0 Å². The molecule has 0 fully saturated rings. The van der Waals surface area contributed by atoms with Crippen LogP contribution in [0.4, 0.5) is 0 Å². The Morgan fingerprint density at radius 2 is 1.68 bits per heavy atom. The van der Waals surface area contributed by atoms with Gasteiger partial charge >= 0.3 is 0 Å². The van der Waals surface area contributed by atoms with Crippen molar-refractivity contribution >= 4 is 0 Å². The van der Waals surface area contributed by atoms with Crippen molar-refractivity contribution in [2.45, 2.75) is 33.0 Å². The second-order valence-electron chi connectivity index (χ2n) is 5.41. The summed E-state index contributed by atoms with van der Waals surface area (Å²) in [5, 5.41) is 10.1. The largest absolute Gasteiger partial charge is 0.508 e. The molecule has 0 saturated heterocycles. The zero-order valence-corrected chi connectivity index (χ0v) is 11.4. The number of phenolic OH excluding ortho intramolecular Hbond substituents is 1. The summed E-state index contributed by atoms with van der Waals surface area (Å²) in [7, 11) is 0. The molecule has 0 aliphatic carbocycles. The summed E-state index contributed by atoms with van der Waals surface area (Å²) in [6, 6.07) is 14.6.